The Morgan fingerprint density at radius 2 is 2.06 bits per heavy atom. The van der Waals surface area contributed by atoms with E-state index in [1.807, 2.05) is 0 Å². The maximum atomic E-state index is 11.9. The van der Waals surface area contributed by atoms with Crippen LogP contribution in [0.1, 0.15) is 23.2 Å². The number of hydrogen-bond acceptors (Lipinski definition) is 1. The molecule has 0 spiro atoms. The zero-order valence-electron chi connectivity index (χ0n) is 9.15. The van der Waals surface area contributed by atoms with E-state index in [1.54, 1.807) is 12.1 Å². The van der Waals surface area contributed by atoms with Crippen molar-refractivity contribution in [2.45, 2.75) is 19.0 Å². The van der Waals surface area contributed by atoms with Crippen LogP contribution in [0.5, 0.6) is 0 Å². The SMILES string of the molecule is O=C(NCCCC(F)(F)F)c1cc(Cl)ccc1Br. The van der Waals surface area contributed by atoms with Gasteiger partial charge in [-0.05, 0) is 40.5 Å². The molecule has 0 aliphatic heterocycles. The van der Waals surface area contributed by atoms with Crippen LogP contribution in [-0.2, 0) is 0 Å². The molecule has 100 valence electrons. The van der Waals surface area contributed by atoms with E-state index in [4.69, 9.17) is 11.6 Å². The minimum absolute atomic E-state index is 0.0305. The van der Waals surface area contributed by atoms with Crippen molar-refractivity contribution in [3.05, 3.63) is 33.3 Å². The van der Waals surface area contributed by atoms with Gasteiger partial charge in [0.15, 0.2) is 0 Å². The summed E-state index contributed by atoms with van der Waals surface area (Å²) in [5, 5.41) is 2.80. The molecule has 0 atom stereocenters. The molecule has 1 N–H and O–H groups in total. The summed E-state index contributed by atoms with van der Waals surface area (Å²) >= 11 is 8.90. The zero-order chi connectivity index (χ0) is 13.8. The van der Waals surface area contributed by atoms with E-state index in [0.29, 0.717) is 15.1 Å². The molecular formula is C11H10BrClF3NO. The number of amides is 1. The minimum Gasteiger partial charge on any atom is -0.352 e. The van der Waals surface area contributed by atoms with E-state index in [9.17, 15) is 18.0 Å². The van der Waals surface area contributed by atoms with Gasteiger partial charge in [0.05, 0.1) is 5.56 Å². The first-order valence-electron chi connectivity index (χ1n) is 5.09. The molecule has 1 amide bonds. The van der Waals surface area contributed by atoms with Gasteiger partial charge in [0, 0.05) is 22.5 Å². The molecule has 0 unspecified atom stereocenters. The van der Waals surface area contributed by atoms with Gasteiger partial charge in [-0.2, -0.15) is 13.2 Å². The number of halogens is 5. The molecule has 0 fully saturated rings. The van der Waals surface area contributed by atoms with Crippen LogP contribution in [-0.4, -0.2) is 18.6 Å². The standard InChI is InChI=1S/C11H10BrClF3NO/c12-9-3-2-7(13)6-8(9)10(18)17-5-1-4-11(14,15)16/h2-3,6H,1,4-5H2,(H,17,18). The highest BCUT2D eigenvalue weighted by molar-refractivity contribution is 9.10. The van der Waals surface area contributed by atoms with Crippen LogP contribution in [0.2, 0.25) is 5.02 Å². The Morgan fingerprint density at radius 3 is 2.67 bits per heavy atom. The van der Waals surface area contributed by atoms with Crippen LogP contribution in [0, 0.1) is 0 Å². The lowest BCUT2D eigenvalue weighted by Gasteiger charge is -2.08. The van der Waals surface area contributed by atoms with Crippen molar-refractivity contribution < 1.29 is 18.0 Å². The predicted octanol–water partition coefficient (Wildman–Crippen LogP) is 4.17. The molecule has 0 aromatic heterocycles. The third-order valence-electron chi connectivity index (χ3n) is 2.10. The van der Waals surface area contributed by atoms with Gasteiger partial charge < -0.3 is 5.32 Å². The second-order valence-corrected chi connectivity index (χ2v) is 4.89. The monoisotopic (exact) mass is 343 g/mol. The van der Waals surface area contributed by atoms with Crippen molar-refractivity contribution in [2.75, 3.05) is 6.54 Å². The van der Waals surface area contributed by atoms with E-state index in [1.165, 1.54) is 6.07 Å². The smallest absolute Gasteiger partial charge is 0.352 e. The van der Waals surface area contributed by atoms with Crippen LogP contribution in [0.15, 0.2) is 22.7 Å². The fourth-order valence-electron chi connectivity index (χ4n) is 1.26. The third kappa shape index (κ3) is 5.27. The molecule has 0 heterocycles. The number of rotatable bonds is 4. The lowest BCUT2D eigenvalue weighted by Crippen LogP contribution is -2.25. The maximum Gasteiger partial charge on any atom is 0.389 e. The quantitative estimate of drug-likeness (QED) is 0.816. The molecule has 1 rings (SSSR count). The van der Waals surface area contributed by atoms with Gasteiger partial charge in [-0.25, -0.2) is 0 Å². The average Bonchev–Trinajstić information content (AvgIpc) is 2.26. The first kappa shape index (κ1) is 15.3. The van der Waals surface area contributed by atoms with Crippen LogP contribution in [0.3, 0.4) is 0 Å². The van der Waals surface area contributed by atoms with Gasteiger partial charge in [0.25, 0.3) is 5.91 Å². The van der Waals surface area contributed by atoms with Gasteiger partial charge in [0.2, 0.25) is 0 Å². The lowest BCUT2D eigenvalue weighted by molar-refractivity contribution is -0.135. The molecule has 0 saturated heterocycles. The average molecular weight is 345 g/mol. The summed E-state index contributed by atoms with van der Waals surface area (Å²) in [6.45, 7) is -0.0305. The molecular weight excluding hydrogens is 334 g/mol. The number of alkyl halides is 3. The topological polar surface area (TPSA) is 29.1 Å². The minimum atomic E-state index is -4.19. The summed E-state index contributed by atoms with van der Waals surface area (Å²) in [6, 6.07) is 4.66. The third-order valence-corrected chi connectivity index (χ3v) is 3.02. The van der Waals surface area contributed by atoms with Crippen LogP contribution in [0.25, 0.3) is 0 Å². The highest BCUT2D eigenvalue weighted by Crippen LogP contribution is 2.22. The number of hydrogen-bond donors (Lipinski definition) is 1. The normalized spacial score (nSPS) is 11.4. The second kappa shape index (κ2) is 6.43. The summed E-state index contributed by atoms with van der Waals surface area (Å²) in [6.07, 6.45) is -5.25. The molecule has 2 nitrogen and oxygen atoms in total. The summed E-state index contributed by atoms with van der Waals surface area (Å²) in [4.78, 5) is 11.7. The molecule has 0 bridgehead atoms. The summed E-state index contributed by atoms with van der Waals surface area (Å²) in [7, 11) is 0. The number of benzene rings is 1. The molecule has 1 aromatic rings. The lowest BCUT2D eigenvalue weighted by atomic mass is 10.2. The van der Waals surface area contributed by atoms with Gasteiger partial charge in [0.1, 0.15) is 0 Å². The fraction of sp³-hybridized carbons (Fsp3) is 0.364. The highest BCUT2D eigenvalue weighted by atomic mass is 79.9. The summed E-state index contributed by atoms with van der Waals surface area (Å²) in [5.41, 5.74) is 0.300. The summed E-state index contributed by atoms with van der Waals surface area (Å²) in [5.74, 6) is -0.452. The van der Waals surface area contributed by atoms with Crippen molar-refractivity contribution in [3.63, 3.8) is 0 Å². The Balaban J connectivity index is 2.48. The molecule has 7 heteroatoms. The largest absolute Gasteiger partial charge is 0.389 e. The Bertz CT molecular complexity index is 437. The Morgan fingerprint density at radius 1 is 1.39 bits per heavy atom. The molecule has 0 saturated carbocycles. The van der Waals surface area contributed by atoms with Gasteiger partial charge in [-0.3, -0.25) is 4.79 Å². The van der Waals surface area contributed by atoms with E-state index in [-0.39, 0.29) is 13.0 Å². The van der Waals surface area contributed by atoms with E-state index in [2.05, 4.69) is 21.2 Å². The number of carbonyl (C=O) groups is 1. The summed E-state index contributed by atoms with van der Waals surface area (Å²) < 4.78 is 36.2. The van der Waals surface area contributed by atoms with Crippen LogP contribution in [0.4, 0.5) is 13.2 Å². The predicted molar refractivity (Wildman–Crippen MR) is 66.8 cm³/mol. The molecule has 0 aliphatic carbocycles. The van der Waals surface area contributed by atoms with Gasteiger partial charge in [-0.15, -0.1) is 0 Å². The Labute approximate surface area is 116 Å². The fourth-order valence-corrected chi connectivity index (χ4v) is 1.86. The second-order valence-electron chi connectivity index (χ2n) is 3.60. The van der Waals surface area contributed by atoms with Crippen molar-refractivity contribution in [2.24, 2.45) is 0 Å². The van der Waals surface area contributed by atoms with Crippen molar-refractivity contribution >= 4 is 33.4 Å². The zero-order valence-corrected chi connectivity index (χ0v) is 11.5. The molecule has 18 heavy (non-hydrogen) atoms. The first-order valence-corrected chi connectivity index (χ1v) is 6.27. The van der Waals surface area contributed by atoms with E-state index < -0.39 is 18.5 Å². The van der Waals surface area contributed by atoms with Gasteiger partial charge >= 0.3 is 6.18 Å². The van der Waals surface area contributed by atoms with Crippen molar-refractivity contribution in [3.8, 4) is 0 Å². The number of carbonyl (C=O) groups excluding carboxylic acids is 1. The van der Waals surface area contributed by atoms with Crippen molar-refractivity contribution in [1.82, 2.24) is 5.32 Å². The molecule has 1 aromatic carbocycles. The Kier molecular flexibility index (Phi) is 5.47. The highest BCUT2D eigenvalue weighted by Gasteiger charge is 2.26. The van der Waals surface area contributed by atoms with Crippen LogP contribution >= 0.6 is 27.5 Å². The van der Waals surface area contributed by atoms with Crippen molar-refractivity contribution in [1.29, 1.82) is 0 Å². The molecule has 0 aliphatic rings. The number of nitrogens with one attached hydrogen (secondary N) is 1. The maximum absolute atomic E-state index is 11.9. The van der Waals surface area contributed by atoms with E-state index in [0.717, 1.165) is 0 Å². The van der Waals surface area contributed by atoms with Gasteiger partial charge in [-0.1, -0.05) is 11.6 Å². The first-order chi connectivity index (χ1) is 8.29. The van der Waals surface area contributed by atoms with E-state index >= 15 is 0 Å². The van der Waals surface area contributed by atoms with Crippen LogP contribution < -0.4 is 5.32 Å². The Hall–Kier alpha value is -0.750. The molecule has 0 radical (unpaired) electrons.